The van der Waals surface area contributed by atoms with E-state index >= 15 is 0 Å². The Morgan fingerprint density at radius 2 is 2.00 bits per heavy atom. The number of nitrogens with zero attached hydrogens (tertiary/aromatic N) is 2. The molecular weight excluding hydrogens is 238 g/mol. The van der Waals surface area contributed by atoms with Crippen molar-refractivity contribution in [2.24, 2.45) is 0 Å². The summed E-state index contributed by atoms with van der Waals surface area (Å²) in [4.78, 5) is 29.8. The van der Waals surface area contributed by atoms with Crippen LogP contribution < -0.4 is 5.32 Å². The number of hydrogen-bond donors (Lipinski definition) is 2. The lowest BCUT2D eigenvalue weighted by Crippen LogP contribution is -2.40. The summed E-state index contributed by atoms with van der Waals surface area (Å²) in [5.74, 6) is -1.54. The van der Waals surface area contributed by atoms with E-state index in [9.17, 15) is 9.59 Å². The van der Waals surface area contributed by atoms with Crippen molar-refractivity contribution in [3.05, 3.63) is 23.8 Å². The van der Waals surface area contributed by atoms with Crippen LogP contribution in [-0.2, 0) is 4.74 Å². The molecule has 1 fully saturated rings. The van der Waals surface area contributed by atoms with Gasteiger partial charge < -0.3 is 15.2 Å². The summed E-state index contributed by atoms with van der Waals surface area (Å²) in [6.07, 6.45) is 3.95. The van der Waals surface area contributed by atoms with Crippen molar-refractivity contribution >= 4 is 11.9 Å². The van der Waals surface area contributed by atoms with Gasteiger partial charge in [0.1, 0.15) is 5.69 Å². The van der Waals surface area contributed by atoms with E-state index in [0.29, 0.717) is 6.61 Å². The number of ether oxygens (including phenoxy) is 1. The van der Waals surface area contributed by atoms with Gasteiger partial charge in [0.15, 0.2) is 5.69 Å². The molecule has 1 heterocycles. The first-order valence-electron chi connectivity index (χ1n) is 5.43. The number of carbonyl (C=O) groups excluding carboxylic acids is 1. The molecule has 0 saturated heterocycles. The molecule has 0 atom stereocenters. The third-order valence-corrected chi connectivity index (χ3v) is 2.76. The maximum absolute atomic E-state index is 11.8. The molecule has 1 aromatic rings. The smallest absolute Gasteiger partial charge is 0.356 e. The maximum atomic E-state index is 11.8. The number of methoxy groups -OCH3 is 1. The van der Waals surface area contributed by atoms with E-state index in [1.54, 1.807) is 7.11 Å². The predicted octanol–water partition coefficient (Wildman–Crippen LogP) is 0.0836. The number of carboxylic acids is 1. The Balaban J connectivity index is 2.03. The summed E-state index contributed by atoms with van der Waals surface area (Å²) >= 11 is 0. The summed E-state index contributed by atoms with van der Waals surface area (Å²) in [6.45, 7) is 0.458. The van der Waals surface area contributed by atoms with Crippen molar-refractivity contribution < 1.29 is 19.4 Å². The van der Waals surface area contributed by atoms with Crippen LogP contribution in [0.1, 0.15) is 33.8 Å². The van der Waals surface area contributed by atoms with Crippen LogP contribution in [0.15, 0.2) is 12.4 Å². The van der Waals surface area contributed by atoms with Crippen molar-refractivity contribution in [2.45, 2.75) is 18.4 Å². The van der Waals surface area contributed by atoms with Crippen LogP contribution in [-0.4, -0.2) is 46.2 Å². The number of rotatable bonds is 5. The highest BCUT2D eigenvalue weighted by atomic mass is 16.5. The second-order valence-electron chi connectivity index (χ2n) is 4.26. The zero-order valence-corrected chi connectivity index (χ0v) is 9.84. The van der Waals surface area contributed by atoms with Crippen LogP contribution in [0.2, 0.25) is 0 Å². The molecule has 1 aliphatic carbocycles. The number of carbonyl (C=O) groups is 2. The van der Waals surface area contributed by atoms with Crippen LogP contribution in [0.5, 0.6) is 0 Å². The van der Waals surface area contributed by atoms with Crippen LogP contribution in [0, 0.1) is 0 Å². The Morgan fingerprint density at radius 1 is 1.39 bits per heavy atom. The molecule has 0 aliphatic heterocycles. The van der Waals surface area contributed by atoms with E-state index in [1.807, 2.05) is 0 Å². The van der Waals surface area contributed by atoms with Gasteiger partial charge in [-0.15, -0.1) is 0 Å². The van der Waals surface area contributed by atoms with Gasteiger partial charge in [0.25, 0.3) is 5.91 Å². The van der Waals surface area contributed by atoms with Crippen LogP contribution in [0.3, 0.4) is 0 Å². The van der Waals surface area contributed by atoms with E-state index in [2.05, 4.69) is 15.3 Å². The molecule has 0 bridgehead atoms. The first-order chi connectivity index (χ1) is 8.56. The Kier molecular flexibility index (Phi) is 3.24. The van der Waals surface area contributed by atoms with Gasteiger partial charge in [0.05, 0.1) is 24.5 Å². The standard InChI is InChI=1S/C11H13N3O4/c1-18-6-11(2-3-11)14-9(15)7-4-13-8(5-12-7)10(16)17/h4-5H,2-3,6H2,1H3,(H,14,15)(H,16,17). The maximum Gasteiger partial charge on any atom is 0.356 e. The molecule has 7 nitrogen and oxygen atoms in total. The van der Waals surface area contributed by atoms with Crippen molar-refractivity contribution in [1.29, 1.82) is 0 Å². The Labute approximate surface area is 103 Å². The lowest BCUT2D eigenvalue weighted by atomic mass is 10.2. The quantitative estimate of drug-likeness (QED) is 0.768. The van der Waals surface area contributed by atoms with Gasteiger partial charge in [-0.05, 0) is 12.8 Å². The minimum Gasteiger partial charge on any atom is -0.476 e. The van der Waals surface area contributed by atoms with E-state index in [4.69, 9.17) is 9.84 Å². The van der Waals surface area contributed by atoms with E-state index in [-0.39, 0.29) is 22.8 Å². The zero-order valence-electron chi connectivity index (χ0n) is 9.84. The second kappa shape index (κ2) is 4.69. The largest absolute Gasteiger partial charge is 0.476 e. The molecule has 1 amide bonds. The molecule has 1 saturated carbocycles. The highest BCUT2D eigenvalue weighted by Gasteiger charge is 2.44. The summed E-state index contributed by atoms with van der Waals surface area (Å²) in [6, 6.07) is 0. The summed E-state index contributed by atoms with van der Waals surface area (Å²) < 4.78 is 5.03. The first-order valence-corrected chi connectivity index (χ1v) is 5.43. The second-order valence-corrected chi connectivity index (χ2v) is 4.26. The Bertz CT molecular complexity index is 468. The third kappa shape index (κ3) is 2.62. The molecule has 0 aromatic carbocycles. The Morgan fingerprint density at radius 3 is 2.44 bits per heavy atom. The Hall–Kier alpha value is -2.02. The lowest BCUT2D eigenvalue weighted by Gasteiger charge is -2.15. The number of nitrogens with one attached hydrogen (secondary N) is 1. The molecule has 0 spiro atoms. The van der Waals surface area contributed by atoms with Gasteiger partial charge in [-0.25, -0.2) is 14.8 Å². The summed E-state index contributed by atoms with van der Waals surface area (Å²) in [5.41, 5.74) is -0.383. The highest BCUT2D eigenvalue weighted by molar-refractivity contribution is 5.93. The van der Waals surface area contributed by atoms with Gasteiger partial charge in [-0.2, -0.15) is 0 Å². The fourth-order valence-corrected chi connectivity index (χ4v) is 1.59. The molecule has 0 radical (unpaired) electrons. The minimum atomic E-state index is -1.17. The first kappa shape index (κ1) is 12.4. The van der Waals surface area contributed by atoms with Crippen molar-refractivity contribution in [3.63, 3.8) is 0 Å². The van der Waals surface area contributed by atoms with Crippen molar-refractivity contribution in [2.75, 3.05) is 13.7 Å². The van der Waals surface area contributed by atoms with Gasteiger partial charge >= 0.3 is 5.97 Å². The molecular formula is C11H13N3O4. The minimum absolute atomic E-state index is 0.0994. The number of aromatic carboxylic acids is 1. The normalized spacial score (nSPS) is 16.1. The average molecular weight is 251 g/mol. The van der Waals surface area contributed by atoms with Crippen LogP contribution in [0.25, 0.3) is 0 Å². The SMILES string of the molecule is COCC1(NC(=O)c2cnc(C(=O)O)cn2)CC1. The summed E-state index contributed by atoms with van der Waals surface area (Å²) in [7, 11) is 1.58. The average Bonchev–Trinajstić information content (AvgIpc) is 3.09. The molecule has 96 valence electrons. The molecule has 18 heavy (non-hydrogen) atoms. The van der Waals surface area contributed by atoms with E-state index < -0.39 is 5.97 Å². The van der Waals surface area contributed by atoms with E-state index in [0.717, 1.165) is 25.2 Å². The molecule has 2 rings (SSSR count). The van der Waals surface area contributed by atoms with Crippen LogP contribution in [0.4, 0.5) is 0 Å². The molecule has 7 heteroatoms. The zero-order chi connectivity index (χ0) is 13.2. The third-order valence-electron chi connectivity index (χ3n) is 2.76. The van der Waals surface area contributed by atoms with Crippen molar-refractivity contribution in [1.82, 2.24) is 15.3 Å². The summed E-state index contributed by atoms with van der Waals surface area (Å²) in [5, 5.41) is 11.5. The predicted molar refractivity (Wildman–Crippen MR) is 60.3 cm³/mol. The lowest BCUT2D eigenvalue weighted by molar-refractivity contribution is 0.0688. The fraction of sp³-hybridized carbons (Fsp3) is 0.455. The fourth-order valence-electron chi connectivity index (χ4n) is 1.59. The highest BCUT2D eigenvalue weighted by Crippen LogP contribution is 2.35. The van der Waals surface area contributed by atoms with Crippen LogP contribution >= 0.6 is 0 Å². The number of aromatic nitrogens is 2. The topological polar surface area (TPSA) is 101 Å². The van der Waals surface area contributed by atoms with Crippen molar-refractivity contribution in [3.8, 4) is 0 Å². The van der Waals surface area contributed by atoms with Gasteiger partial charge in [0.2, 0.25) is 0 Å². The van der Waals surface area contributed by atoms with Gasteiger partial charge in [-0.3, -0.25) is 4.79 Å². The molecule has 0 unspecified atom stereocenters. The van der Waals surface area contributed by atoms with Gasteiger partial charge in [0, 0.05) is 7.11 Å². The molecule has 1 aromatic heterocycles. The number of hydrogen-bond acceptors (Lipinski definition) is 5. The van der Waals surface area contributed by atoms with Gasteiger partial charge in [-0.1, -0.05) is 0 Å². The number of carboxylic acid groups (broad SMARTS) is 1. The molecule has 2 N–H and O–H groups in total. The monoisotopic (exact) mass is 251 g/mol. The molecule has 1 aliphatic rings. The number of amides is 1. The van der Waals surface area contributed by atoms with E-state index in [1.165, 1.54) is 0 Å².